The zero-order valence-electron chi connectivity index (χ0n) is 27.2. The highest BCUT2D eigenvalue weighted by atomic mass is 16.6. The predicted molar refractivity (Wildman–Crippen MR) is 165 cm³/mol. The number of carbonyl (C=O) groups excluding carboxylic acids is 4. The summed E-state index contributed by atoms with van der Waals surface area (Å²) in [5, 5.41) is 3.28. The zero-order chi connectivity index (χ0) is 32.1. The Kier molecular flexibility index (Phi) is 14.1. The summed E-state index contributed by atoms with van der Waals surface area (Å²) in [5.74, 6) is -1.57. The summed E-state index contributed by atoms with van der Waals surface area (Å²) < 4.78 is 22.4. The van der Waals surface area contributed by atoms with E-state index in [2.05, 4.69) is 5.32 Å². The molecule has 10 heteroatoms. The van der Waals surface area contributed by atoms with Crippen molar-refractivity contribution in [2.45, 2.75) is 96.7 Å². The number of hydrogen-bond donors (Lipinski definition) is 1. The van der Waals surface area contributed by atoms with Crippen molar-refractivity contribution in [3.63, 3.8) is 0 Å². The molecule has 0 bridgehead atoms. The van der Waals surface area contributed by atoms with Crippen molar-refractivity contribution >= 4 is 23.8 Å². The Bertz CT molecular complexity index is 1070. The van der Waals surface area contributed by atoms with E-state index in [0.29, 0.717) is 51.9 Å². The second kappa shape index (κ2) is 17.5. The van der Waals surface area contributed by atoms with E-state index in [1.165, 1.54) is 6.92 Å². The van der Waals surface area contributed by atoms with Gasteiger partial charge in [0, 0.05) is 27.1 Å². The van der Waals surface area contributed by atoms with Crippen molar-refractivity contribution in [2.24, 2.45) is 17.3 Å². The van der Waals surface area contributed by atoms with Gasteiger partial charge in [-0.1, -0.05) is 43.2 Å². The van der Waals surface area contributed by atoms with Gasteiger partial charge in [0.1, 0.15) is 6.10 Å². The number of nitrogens with one attached hydrogen (secondary N) is 1. The topological polar surface area (TPSA) is 120 Å². The molecule has 0 aromatic heterocycles. The van der Waals surface area contributed by atoms with Gasteiger partial charge in [-0.25, -0.2) is 0 Å². The van der Waals surface area contributed by atoms with Crippen LogP contribution in [0.2, 0.25) is 0 Å². The molecule has 2 fully saturated rings. The molecule has 2 amide bonds. The first-order valence-electron chi connectivity index (χ1n) is 16.1. The fraction of sp³-hybridized carbons (Fsp3) is 0.706. The lowest BCUT2D eigenvalue weighted by Crippen LogP contribution is -2.48. The average Bonchev–Trinajstić information content (AvgIpc) is 3.51. The third-order valence-electron chi connectivity index (χ3n) is 9.36. The standard InChI is InChI=1S/C34H52N2O8/c1-6-43-31(38)27-14-16-29(17-15-27)35-33(40)34(18-10-11-19-34)22-28(23-42-21-20-41-5)32(39)44-30(24(2)36(4)25(3)37)26-12-8-7-9-13-26/h7-9,12-13,24,27-30H,6,10-11,14-23H2,1-5H3,(H,35,40)/t24?,27-,28-,29+,30?/m0/s1. The third-order valence-corrected chi connectivity index (χ3v) is 9.36. The van der Waals surface area contributed by atoms with Crippen LogP contribution in [0.4, 0.5) is 0 Å². The van der Waals surface area contributed by atoms with Crippen LogP contribution in [0.15, 0.2) is 30.3 Å². The Morgan fingerprint density at radius 3 is 2.27 bits per heavy atom. The van der Waals surface area contributed by atoms with Crippen LogP contribution in [0.5, 0.6) is 0 Å². The molecule has 3 atom stereocenters. The number of methoxy groups -OCH3 is 1. The minimum Gasteiger partial charge on any atom is -0.466 e. The van der Waals surface area contributed by atoms with Gasteiger partial charge in [-0.05, 0) is 64.4 Å². The summed E-state index contributed by atoms with van der Waals surface area (Å²) in [4.78, 5) is 53.9. The molecule has 0 aliphatic heterocycles. The molecule has 2 aliphatic carbocycles. The van der Waals surface area contributed by atoms with E-state index in [9.17, 15) is 19.2 Å². The minimum absolute atomic E-state index is 0.0144. The summed E-state index contributed by atoms with van der Waals surface area (Å²) in [6, 6.07) is 8.98. The summed E-state index contributed by atoms with van der Waals surface area (Å²) >= 11 is 0. The van der Waals surface area contributed by atoms with Gasteiger partial charge in [-0.3, -0.25) is 19.2 Å². The second-order valence-corrected chi connectivity index (χ2v) is 12.4. The summed E-state index contributed by atoms with van der Waals surface area (Å²) in [5.41, 5.74) is 0.0725. The van der Waals surface area contributed by atoms with Crippen molar-refractivity contribution in [3.05, 3.63) is 35.9 Å². The number of ether oxygens (including phenoxy) is 4. The van der Waals surface area contributed by atoms with Crippen molar-refractivity contribution in [3.8, 4) is 0 Å². The van der Waals surface area contributed by atoms with Crippen LogP contribution in [0.25, 0.3) is 0 Å². The molecule has 0 radical (unpaired) electrons. The molecular weight excluding hydrogens is 564 g/mol. The van der Waals surface area contributed by atoms with E-state index in [4.69, 9.17) is 18.9 Å². The normalized spacial score (nSPS) is 21.5. The van der Waals surface area contributed by atoms with Crippen molar-refractivity contribution < 1.29 is 38.1 Å². The highest BCUT2D eigenvalue weighted by molar-refractivity contribution is 5.84. The van der Waals surface area contributed by atoms with Gasteiger partial charge in [0.25, 0.3) is 0 Å². The van der Waals surface area contributed by atoms with Crippen LogP contribution < -0.4 is 5.32 Å². The molecule has 2 saturated carbocycles. The maximum absolute atomic E-state index is 14.0. The number of esters is 2. The first kappa shape index (κ1) is 35.5. The second-order valence-electron chi connectivity index (χ2n) is 12.4. The number of likely N-dealkylation sites (N-methyl/N-ethyl adjacent to an activating group) is 1. The van der Waals surface area contributed by atoms with Crippen molar-refractivity contribution in [1.82, 2.24) is 10.2 Å². The molecule has 3 rings (SSSR count). The molecule has 10 nitrogen and oxygen atoms in total. The number of carbonyl (C=O) groups is 4. The van der Waals surface area contributed by atoms with Gasteiger partial charge in [0.2, 0.25) is 11.8 Å². The van der Waals surface area contributed by atoms with E-state index >= 15 is 0 Å². The van der Waals surface area contributed by atoms with Gasteiger partial charge in [-0.15, -0.1) is 0 Å². The molecule has 44 heavy (non-hydrogen) atoms. The van der Waals surface area contributed by atoms with Crippen LogP contribution in [0, 0.1) is 17.3 Å². The lowest BCUT2D eigenvalue weighted by molar-refractivity contribution is -0.164. The van der Waals surface area contributed by atoms with Gasteiger partial charge >= 0.3 is 11.9 Å². The van der Waals surface area contributed by atoms with E-state index in [-0.39, 0.29) is 36.4 Å². The quantitative estimate of drug-likeness (QED) is 0.211. The SMILES string of the molecule is CCOC(=O)[C@H]1CC[C@@H](NC(=O)C2(C[C@@H](COCCOC)C(=O)OC(c3ccccc3)C(C)N(C)C(C)=O)CCCC2)CC1. The van der Waals surface area contributed by atoms with Crippen molar-refractivity contribution in [2.75, 3.05) is 40.6 Å². The lowest BCUT2D eigenvalue weighted by Gasteiger charge is -2.36. The van der Waals surface area contributed by atoms with E-state index < -0.39 is 29.4 Å². The smallest absolute Gasteiger partial charge is 0.312 e. The van der Waals surface area contributed by atoms with E-state index in [1.54, 1.807) is 19.1 Å². The van der Waals surface area contributed by atoms with Gasteiger partial charge < -0.3 is 29.2 Å². The Morgan fingerprint density at radius 2 is 1.68 bits per heavy atom. The highest BCUT2D eigenvalue weighted by Crippen LogP contribution is 2.44. The molecule has 1 aromatic carbocycles. The molecule has 0 heterocycles. The van der Waals surface area contributed by atoms with Gasteiger partial charge in [0.15, 0.2) is 0 Å². The number of nitrogens with zero attached hydrogens (tertiary/aromatic N) is 1. The molecular formula is C34H52N2O8. The molecule has 0 spiro atoms. The number of rotatable bonds is 16. The van der Waals surface area contributed by atoms with Crippen LogP contribution in [0.3, 0.4) is 0 Å². The first-order valence-corrected chi connectivity index (χ1v) is 16.1. The Hall–Kier alpha value is -2.98. The number of benzene rings is 1. The molecule has 1 N–H and O–H groups in total. The predicted octanol–water partition coefficient (Wildman–Crippen LogP) is 4.61. The monoisotopic (exact) mass is 616 g/mol. The van der Waals surface area contributed by atoms with Crippen LogP contribution in [0.1, 0.15) is 90.2 Å². The Morgan fingerprint density at radius 1 is 1.02 bits per heavy atom. The summed E-state index contributed by atoms with van der Waals surface area (Å²) in [7, 11) is 3.28. The van der Waals surface area contributed by atoms with E-state index in [0.717, 1.165) is 31.2 Å². The van der Waals surface area contributed by atoms with E-state index in [1.807, 2.05) is 44.2 Å². The maximum atomic E-state index is 14.0. The molecule has 0 saturated heterocycles. The fourth-order valence-electron chi connectivity index (χ4n) is 6.50. The fourth-order valence-corrected chi connectivity index (χ4v) is 6.50. The summed E-state index contributed by atoms with van der Waals surface area (Å²) in [6.07, 6.45) is 5.61. The molecule has 2 aliphatic rings. The Balaban J connectivity index is 1.77. The molecule has 1 aromatic rings. The number of amides is 2. The van der Waals surface area contributed by atoms with Crippen molar-refractivity contribution in [1.29, 1.82) is 0 Å². The Labute approximate surface area is 262 Å². The van der Waals surface area contributed by atoms with Crippen LogP contribution in [-0.4, -0.2) is 81.3 Å². The maximum Gasteiger partial charge on any atom is 0.312 e. The van der Waals surface area contributed by atoms with Crippen LogP contribution >= 0.6 is 0 Å². The van der Waals surface area contributed by atoms with Gasteiger partial charge in [-0.2, -0.15) is 0 Å². The zero-order valence-corrected chi connectivity index (χ0v) is 27.2. The average molecular weight is 617 g/mol. The first-order chi connectivity index (χ1) is 21.1. The van der Waals surface area contributed by atoms with Crippen LogP contribution in [-0.2, 0) is 38.1 Å². The third kappa shape index (κ3) is 9.76. The highest BCUT2D eigenvalue weighted by Gasteiger charge is 2.46. The largest absolute Gasteiger partial charge is 0.466 e. The van der Waals surface area contributed by atoms with Gasteiger partial charge in [0.05, 0.1) is 49.7 Å². The molecule has 2 unspecified atom stereocenters. The number of hydrogen-bond acceptors (Lipinski definition) is 8. The summed E-state index contributed by atoms with van der Waals surface area (Å²) in [6.45, 7) is 6.32. The minimum atomic E-state index is -0.712. The lowest BCUT2D eigenvalue weighted by atomic mass is 9.76. The molecule has 246 valence electrons.